The summed E-state index contributed by atoms with van der Waals surface area (Å²) in [7, 11) is 0. The zero-order chi connectivity index (χ0) is 15.9. The third-order valence-electron chi connectivity index (χ3n) is 2.66. The third-order valence-corrected chi connectivity index (χ3v) is 2.90. The van der Waals surface area contributed by atoms with Gasteiger partial charge in [-0.25, -0.2) is 0 Å². The van der Waals surface area contributed by atoms with Crippen LogP contribution in [0.3, 0.4) is 0 Å². The molecule has 22 heavy (non-hydrogen) atoms. The lowest BCUT2D eigenvalue weighted by Crippen LogP contribution is -2.44. The van der Waals surface area contributed by atoms with Gasteiger partial charge in [0.15, 0.2) is 6.61 Å². The lowest BCUT2D eigenvalue weighted by atomic mass is 10.2. The number of hydrogen-bond acceptors (Lipinski definition) is 4. The molecule has 2 N–H and O–H groups in total. The standard InChI is InChI=1S/C15H14ClN3O3/c1-10-2-4-12(5-3-10)22-9-14(20)18-19-15(21)13-8-11(16)6-7-17-13/h2-8H,9H2,1H3,(H,18,20)(H,19,21). The van der Waals surface area contributed by atoms with Crippen LogP contribution in [0.4, 0.5) is 0 Å². The largest absolute Gasteiger partial charge is 0.484 e. The van der Waals surface area contributed by atoms with Gasteiger partial charge in [-0.1, -0.05) is 29.3 Å². The Morgan fingerprint density at radius 1 is 1.18 bits per heavy atom. The Morgan fingerprint density at radius 3 is 2.59 bits per heavy atom. The molecule has 2 rings (SSSR count). The Hall–Kier alpha value is -2.60. The van der Waals surface area contributed by atoms with Crippen LogP contribution in [0.5, 0.6) is 5.75 Å². The summed E-state index contributed by atoms with van der Waals surface area (Å²) in [5.74, 6) is -0.481. The number of pyridine rings is 1. The highest BCUT2D eigenvalue weighted by Gasteiger charge is 2.09. The number of nitrogens with zero attached hydrogens (tertiary/aromatic N) is 1. The molecular formula is C15H14ClN3O3. The van der Waals surface area contributed by atoms with Gasteiger partial charge in [0.05, 0.1) is 0 Å². The molecule has 0 saturated carbocycles. The Labute approximate surface area is 132 Å². The number of benzene rings is 1. The second-order valence-corrected chi connectivity index (χ2v) is 4.90. The van der Waals surface area contributed by atoms with Crippen molar-refractivity contribution in [3.63, 3.8) is 0 Å². The first-order valence-electron chi connectivity index (χ1n) is 6.45. The molecule has 0 atom stereocenters. The van der Waals surface area contributed by atoms with Crippen LogP contribution in [0, 0.1) is 6.92 Å². The first-order valence-corrected chi connectivity index (χ1v) is 6.82. The normalized spacial score (nSPS) is 9.91. The maximum atomic E-state index is 11.7. The van der Waals surface area contributed by atoms with Crippen molar-refractivity contribution in [2.45, 2.75) is 6.92 Å². The number of nitrogens with one attached hydrogen (secondary N) is 2. The fraction of sp³-hybridized carbons (Fsp3) is 0.133. The molecular weight excluding hydrogens is 306 g/mol. The highest BCUT2D eigenvalue weighted by Crippen LogP contribution is 2.11. The maximum absolute atomic E-state index is 11.7. The number of aryl methyl sites for hydroxylation is 1. The van der Waals surface area contributed by atoms with Gasteiger partial charge in [-0.05, 0) is 31.2 Å². The van der Waals surface area contributed by atoms with E-state index in [0.29, 0.717) is 10.8 Å². The van der Waals surface area contributed by atoms with E-state index in [9.17, 15) is 9.59 Å². The summed E-state index contributed by atoms with van der Waals surface area (Å²) in [6.07, 6.45) is 1.40. The maximum Gasteiger partial charge on any atom is 0.288 e. The number of carbonyl (C=O) groups excluding carboxylic acids is 2. The summed E-state index contributed by atoms with van der Waals surface area (Å²) >= 11 is 5.75. The van der Waals surface area contributed by atoms with E-state index in [1.807, 2.05) is 19.1 Å². The second kappa shape index (κ2) is 7.42. The van der Waals surface area contributed by atoms with Crippen molar-refractivity contribution < 1.29 is 14.3 Å². The fourth-order valence-electron chi connectivity index (χ4n) is 1.54. The molecule has 6 nitrogen and oxygen atoms in total. The van der Waals surface area contributed by atoms with Crippen LogP contribution < -0.4 is 15.6 Å². The average Bonchev–Trinajstić information content (AvgIpc) is 2.52. The van der Waals surface area contributed by atoms with E-state index in [4.69, 9.17) is 16.3 Å². The van der Waals surface area contributed by atoms with Crippen LogP contribution >= 0.6 is 11.6 Å². The Morgan fingerprint density at radius 2 is 1.91 bits per heavy atom. The first-order chi connectivity index (χ1) is 10.5. The van der Waals surface area contributed by atoms with E-state index < -0.39 is 11.8 Å². The van der Waals surface area contributed by atoms with Crippen molar-refractivity contribution >= 4 is 23.4 Å². The Balaban J connectivity index is 1.78. The molecule has 0 unspecified atom stereocenters. The van der Waals surface area contributed by atoms with Gasteiger partial charge < -0.3 is 4.74 Å². The number of halogens is 1. The lowest BCUT2D eigenvalue weighted by molar-refractivity contribution is -0.123. The fourth-order valence-corrected chi connectivity index (χ4v) is 1.70. The SMILES string of the molecule is Cc1ccc(OCC(=O)NNC(=O)c2cc(Cl)ccn2)cc1. The molecule has 0 radical (unpaired) electrons. The van der Waals surface area contributed by atoms with Crippen molar-refractivity contribution in [3.8, 4) is 5.75 Å². The minimum absolute atomic E-state index is 0.104. The molecule has 1 aromatic heterocycles. The Bertz CT molecular complexity index is 674. The molecule has 2 amide bonds. The molecule has 1 heterocycles. The predicted molar refractivity (Wildman–Crippen MR) is 81.5 cm³/mol. The van der Waals surface area contributed by atoms with Crippen LogP contribution in [0.15, 0.2) is 42.6 Å². The number of aromatic nitrogens is 1. The number of ether oxygens (including phenoxy) is 1. The molecule has 0 saturated heterocycles. The van der Waals surface area contributed by atoms with Crippen LogP contribution in [0.2, 0.25) is 5.02 Å². The van der Waals surface area contributed by atoms with Gasteiger partial charge >= 0.3 is 0 Å². The molecule has 0 aliphatic carbocycles. The van der Waals surface area contributed by atoms with Gasteiger partial charge in [-0.2, -0.15) is 0 Å². The lowest BCUT2D eigenvalue weighted by Gasteiger charge is -2.08. The van der Waals surface area contributed by atoms with Gasteiger partial charge in [0, 0.05) is 11.2 Å². The van der Waals surface area contributed by atoms with Crippen LogP contribution in [-0.2, 0) is 4.79 Å². The topological polar surface area (TPSA) is 80.3 Å². The minimum atomic E-state index is -0.564. The van der Waals surface area contributed by atoms with Crippen LogP contribution in [0.25, 0.3) is 0 Å². The zero-order valence-electron chi connectivity index (χ0n) is 11.8. The van der Waals surface area contributed by atoms with Gasteiger partial charge in [-0.15, -0.1) is 0 Å². The number of hydrazine groups is 1. The van der Waals surface area contributed by atoms with Crippen molar-refractivity contribution in [2.24, 2.45) is 0 Å². The highest BCUT2D eigenvalue weighted by atomic mass is 35.5. The van der Waals surface area contributed by atoms with Gasteiger partial charge in [0.1, 0.15) is 11.4 Å². The number of hydrogen-bond donors (Lipinski definition) is 2. The first kappa shape index (κ1) is 15.8. The number of carbonyl (C=O) groups is 2. The minimum Gasteiger partial charge on any atom is -0.484 e. The van der Waals surface area contributed by atoms with Crippen LogP contribution in [0.1, 0.15) is 16.1 Å². The van der Waals surface area contributed by atoms with E-state index in [2.05, 4.69) is 15.8 Å². The molecule has 0 spiro atoms. The van der Waals surface area contributed by atoms with Gasteiger partial charge in [0.25, 0.3) is 11.8 Å². The molecule has 7 heteroatoms. The molecule has 0 bridgehead atoms. The summed E-state index contributed by atoms with van der Waals surface area (Å²) in [5, 5.41) is 0.384. The van der Waals surface area contributed by atoms with E-state index in [-0.39, 0.29) is 12.3 Å². The smallest absolute Gasteiger partial charge is 0.288 e. The van der Waals surface area contributed by atoms with E-state index in [1.165, 1.54) is 12.3 Å². The summed E-state index contributed by atoms with van der Waals surface area (Å²) in [6.45, 7) is 1.74. The average molecular weight is 320 g/mol. The van der Waals surface area contributed by atoms with Crippen molar-refractivity contribution in [1.82, 2.24) is 15.8 Å². The zero-order valence-corrected chi connectivity index (χ0v) is 12.6. The molecule has 2 aromatic rings. The second-order valence-electron chi connectivity index (χ2n) is 4.46. The monoisotopic (exact) mass is 319 g/mol. The van der Waals surface area contributed by atoms with Crippen LogP contribution in [-0.4, -0.2) is 23.4 Å². The van der Waals surface area contributed by atoms with Crippen molar-refractivity contribution in [1.29, 1.82) is 0 Å². The van der Waals surface area contributed by atoms with Gasteiger partial charge in [-0.3, -0.25) is 25.4 Å². The predicted octanol–water partition coefficient (Wildman–Crippen LogP) is 1.88. The molecule has 0 aliphatic rings. The highest BCUT2D eigenvalue weighted by molar-refractivity contribution is 6.30. The van der Waals surface area contributed by atoms with Crippen molar-refractivity contribution in [2.75, 3.05) is 6.61 Å². The Kier molecular flexibility index (Phi) is 5.32. The number of amides is 2. The number of rotatable bonds is 4. The van der Waals surface area contributed by atoms with E-state index in [0.717, 1.165) is 5.56 Å². The quantitative estimate of drug-likeness (QED) is 0.843. The summed E-state index contributed by atoms with van der Waals surface area (Å²) in [6, 6.07) is 10.2. The van der Waals surface area contributed by atoms with Gasteiger partial charge in [0.2, 0.25) is 0 Å². The molecule has 1 aromatic carbocycles. The molecule has 0 fully saturated rings. The van der Waals surface area contributed by atoms with E-state index in [1.54, 1.807) is 18.2 Å². The summed E-state index contributed by atoms with van der Waals surface area (Å²) in [5.41, 5.74) is 5.67. The summed E-state index contributed by atoms with van der Waals surface area (Å²) in [4.78, 5) is 27.2. The summed E-state index contributed by atoms with van der Waals surface area (Å²) < 4.78 is 5.28. The molecule has 0 aliphatic heterocycles. The third kappa shape index (κ3) is 4.75. The van der Waals surface area contributed by atoms with E-state index >= 15 is 0 Å². The molecule has 114 valence electrons. The van der Waals surface area contributed by atoms with Crippen molar-refractivity contribution in [3.05, 3.63) is 58.9 Å².